The van der Waals surface area contributed by atoms with E-state index in [0.29, 0.717) is 11.0 Å². The van der Waals surface area contributed by atoms with Gasteiger partial charge in [0.25, 0.3) is 5.56 Å². The highest BCUT2D eigenvalue weighted by Gasteiger charge is 2.25. The lowest BCUT2D eigenvalue weighted by molar-refractivity contribution is 0.337. The summed E-state index contributed by atoms with van der Waals surface area (Å²) in [5, 5.41) is 7.36. The van der Waals surface area contributed by atoms with Crippen LogP contribution in [0.15, 0.2) is 15.5 Å². The van der Waals surface area contributed by atoms with Crippen molar-refractivity contribution in [1.82, 2.24) is 14.7 Å². The van der Waals surface area contributed by atoms with E-state index in [1.54, 1.807) is 6.20 Å². The fourth-order valence-electron chi connectivity index (χ4n) is 1.88. The van der Waals surface area contributed by atoms with Gasteiger partial charge in [-0.05, 0) is 42.7 Å². The Hall–Kier alpha value is -0.880. The van der Waals surface area contributed by atoms with Gasteiger partial charge in [-0.25, -0.2) is 4.68 Å². The third kappa shape index (κ3) is 3.11. The number of anilines is 1. The van der Waals surface area contributed by atoms with E-state index in [0.717, 1.165) is 24.8 Å². The molecule has 100 valence electrons. The van der Waals surface area contributed by atoms with E-state index in [1.807, 2.05) is 6.92 Å². The van der Waals surface area contributed by atoms with E-state index in [9.17, 15) is 4.79 Å². The molecule has 1 saturated carbocycles. The Morgan fingerprint density at radius 1 is 1.61 bits per heavy atom. The van der Waals surface area contributed by atoms with Gasteiger partial charge in [0, 0.05) is 25.7 Å². The summed E-state index contributed by atoms with van der Waals surface area (Å²) in [7, 11) is 2.14. The molecule has 1 fully saturated rings. The third-order valence-corrected chi connectivity index (χ3v) is 4.00. The van der Waals surface area contributed by atoms with E-state index in [2.05, 4.69) is 38.3 Å². The van der Waals surface area contributed by atoms with Crippen molar-refractivity contribution in [3.05, 3.63) is 21.0 Å². The first-order valence-electron chi connectivity index (χ1n) is 6.33. The molecule has 0 atom stereocenters. The topological polar surface area (TPSA) is 50.2 Å². The van der Waals surface area contributed by atoms with Crippen LogP contribution in [0.5, 0.6) is 0 Å². The minimum Gasteiger partial charge on any atom is -0.381 e. The van der Waals surface area contributed by atoms with E-state index in [4.69, 9.17) is 0 Å². The van der Waals surface area contributed by atoms with Gasteiger partial charge in [-0.1, -0.05) is 0 Å². The first-order valence-corrected chi connectivity index (χ1v) is 7.12. The molecule has 1 aliphatic rings. The SMILES string of the molecule is CCn1ncc(NCCN(C)C2CC2)c(Br)c1=O. The van der Waals surface area contributed by atoms with Gasteiger partial charge < -0.3 is 10.2 Å². The summed E-state index contributed by atoms with van der Waals surface area (Å²) in [6, 6.07) is 0.765. The molecule has 0 amide bonds. The maximum atomic E-state index is 11.8. The summed E-state index contributed by atoms with van der Waals surface area (Å²) in [4.78, 5) is 14.2. The summed E-state index contributed by atoms with van der Waals surface area (Å²) in [5.41, 5.74) is 0.687. The minimum atomic E-state index is -0.0851. The van der Waals surface area contributed by atoms with Crippen molar-refractivity contribution in [2.24, 2.45) is 0 Å². The van der Waals surface area contributed by atoms with Crippen LogP contribution in [0.4, 0.5) is 5.69 Å². The molecule has 1 aromatic rings. The molecule has 18 heavy (non-hydrogen) atoms. The lowest BCUT2D eigenvalue weighted by atomic mass is 10.4. The molecule has 0 aromatic carbocycles. The van der Waals surface area contributed by atoms with Crippen LogP contribution in [0.2, 0.25) is 0 Å². The van der Waals surface area contributed by atoms with Gasteiger partial charge in [0.15, 0.2) is 0 Å². The fraction of sp³-hybridized carbons (Fsp3) is 0.667. The second-order valence-corrected chi connectivity index (χ2v) is 5.42. The van der Waals surface area contributed by atoms with Crippen LogP contribution in [-0.4, -0.2) is 40.9 Å². The highest BCUT2D eigenvalue weighted by atomic mass is 79.9. The molecule has 0 radical (unpaired) electrons. The molecule has 2 rings (SSSR count). The maximum absolute atomic E-state index is 11.8. The predicted molar refractivity (Wildman–Crippen MR) is 76.0 cm³/mol. The molecular weight excluding hydrogens is 296 g/mol. The fourth-order valence-corrected chi connectivity index (χ4v) is 2.33. The molecule has 0 bridgehead atoms. The van der Waals surface area contributed by atoms with Crippen molar-refractivity contribution in [2.45, 2.75) is 32.4 Å². The molecule has 5 nitrogen and oxygen atoms in total. The van der Waals surface area contributed by atoms with Crippen LogP contribution in [0.25, 0.3) is 0 Å². The van der Waals surface area contributed by atoms with Crippen LogP contribution in [-0.2, 0) is 6.54 Å². The Kier molecular flexibility index (Phi) is 4.40. The second-order valence-electron chi connectivity index (χ2n) is 4.63. The molecule has 1 aromatic heterocycles. The Bertz CT molecular complexity index is 470. The Morgan fingerprint density at radius 2 is 2.33 bits per heavy atom. The van der Waals surface area contributed by atoms with Gasteiger partial charge in [0.2, 0.25) is 0 Å². The minimum absolute atomic E-state index is 0.0851. The van der Waals surface area contributed by atoms with Crippen LogP contribution < -0.4 is 10.9 Å². The van der Waals surface area contributed by atoms with E-state index < -0.39 is 0 Å². The van der Waals surface area contributed by atoms with Crippen LogP contribution >= 0.6 is 15.9 Å². The standard InChI is InChI=1S/C12H19BrN4O/c1-3-17-12(18)11(13)10(8-15-17)14-6-7-16(2)9-4-5-9/h8-9,14H,3-7H2,1-2H3. The number of likely N-dealkylation sites (N-methyl/N-ethyl adjacent to an activating group) is 1. The largest absolute Gasteiger partial charge is 0.381 e. The quantitative estimate of drug-likeness (QED) is 0.865. The predicted octanol–water partition coefficient (Wildman–Crippen LogP) is 1.53. The number of halogens is 1. The average molecular weight is 315 g/mol. The third-order valence-electron chi connectivity index (χ3n) is 3.23. The number of nitrogens with zero attached hydrogens (tertiary/aromatic N) is 3. The zero-order valence-electron chi connectivity index (χ0n) is 10.8. The van der Waals surface area contributed by atoms with Gasteiger partial charge in [0.1, 0.15) is 4.47 Å². The van der Waals surface area contributed by atoms with Gasteiger partial charge in [0.05, 0.1) is 11.9 Å². The number of rotatable bonds is 6. The number of hydrogen-bond donors (Lipinski definition) is 1. The number of nitrogens with one attached hydrogen (secondary N) is 1. The zero-order chi connectivity index (χ0) is 13.1. The van der Waals surface area contributed by atoms with E-state index in [-0.39, 0.29) is 5.56 Å². The molecule has 1 aliphatic carbocycles. The second kappa shape index (κ2) is 5.84. The summed E-state index contributed by atoms with van der Waals surface area (Å²) in [6.07, 6.45) is 4.33. The van der Waals surface area contributed by atoms with Gasteiger partial charge in [-0.15, -0.1) is 0 Å². The number of aryl methyl sites for hydroxylation is 1. The molecular formula is C12H19BrN4O. The van der Waals surface area contributed by atoms with Gasteiger partial charge in [-0.3, -0.25) is 4.79 Å². The lowest BCUT2D eigenvalue weighted by Gasteiger charge is -2.16. The summed E-state index contributed by atoms with van der Waals surface area (Å²) < 4.78 is 2.00. The molecule has 1 N–H and O–H groups in total. The van der Waals surface area contributed by atoms with Crippen LogP contribution in [0, 0.1) is 0 Å². The molecule has 0 spiro atoms. The monoisotopic (exact) mass is 314 g/mol. The van der Waals surface area contributed by atoms with Crippen molar-refractivity contribution in [1.29, 1.82) is 0 Å². The summed E-state index contributed by atoms with van der Waals surface area (Å²) >= 11 is 3.33. The lowest BCUT2D eigenvalue weighted by Crippen LogP contribution is -2.28. The van der Waals surface area contributed by atoms with Crippen LogP contribution in [0.3, 0.4) is 0 Å². The van der Waals surface area contributed by atoms with Crippen molar-refractivity contribution in [3.8, 4) is 0 Å². The first kappa shape index (κ1) is 13.5. The summed E-state index contributed by atoms with van der Waals surface area (Å²) in [6.45, 7) is 4.29. The van der Waals surface area contributed by atoms with Crippen molar-refractivity contribution in [2.75, 3.05) is 25.5 Å². The van der Waals surface area contributed by atoms with Crippen LogP contribution in [0.1, 0.15) is 19.8 Å². The van der Waals surface area contributed by atoms with E-state index in [1.165, 1.54) is 17.5 Å². The number of aromatic nitrogens is 2. The van der Waals surface area contributed by atoms with E-state index >= 15 is 0 Å². The molecule has 0 saturated heterocycles. The number of hydrogen-bond acceptors (Lipinski definition) is 4. The highest BCUT2D eigenvalue weighted by molar-refractivity contribution is 9.10. The average Bonchev–Trinajstić information content (AvgIpc) is 3.19. The molecule has 0 aliphatic heterocycles. The highest BCUT2D eigenvalue weighted by Crippen LogP contribution is 2.24. The molecule has 0 unspecified atom stereocenters. The van der Waals surface area contributed by atoms with Gasteiger partial charge in [-0.2, -0.15) is 5.10 Å². The Labute approximate surface area is 115 Å². The maximum Gasteiger partial charge on any atom is 0.283 e. The molecule has 6 heteroatoms. The van der Waals surface area contributed by atoms with Crippen molar-refractivity contribution >= 4 is 21.6 Å². The first-order chi connectivity index (χ1) is 8.63. The van der Waals surface area contributed by atoms with Crippen molar-refractivity contribution < 1.29 is 0 Å². The smallest absolute Gasteiger partial charge is 0.283 e. The molecule has 1 heterocycles. The van der Waals surface area contributed by atoms with Crippen molar-refractivity contribution in [3.63, 3.8) is 0 Å². The van der Waals surface area contributed by atoms with Gasteiger partial charge >= 0.3 is 0 Å². The Balaban J connectivity index is 1.92. The Morgan fingerprint density at radius 3 is 2.94 bits per heavy atom. The zero-order valence-corrected chi connectivity index (χ0v) is 12.4. The summed E-state index contributed by atoms with van der Waals surface area (Å²) in [5.74, 6) is 0. The normalized spacial score (nSPS) is 15.1.